The standard InChI is InChI=1S/C23H27ClN2O4/c1-3-9-16(2)25-21(27)15-30-22(28)14-20(17-10-5-4-6-11-17)26-23(29)18-12-7-8-13-19(18)24/h4-8,10-13,16,20H,3,9,14-15H2,1-2H3,(H,25,27)(H,26,29). The van der Waals surface area contributed by atoms with Crippen molar-refractivity contribution in [3.8, 4) is 0 Å². The second-order valence-electron chi connectivity index (χ2n) is 7.04. The van der Waals surface area contributed by atoms with Gasteiger partial charge in [-0.2, -0.15) is 0 Å². The van der Waals surface area contributed by atoms with E-state index in [0.29, 0.717) is 10.6 Å². The molecule has 6 nitrogen and oxygen atoms in total. The molecule has 2 atom stereocenters. The van der Waals surface area contributed by atoms with Crippen LogP contribution < -0.4 is 10.6 Å². The zero-order valence-corrected chi connectivity index (χ0v) is 17.9. The zero-order chi connectivity index (χ0) is 21.9. The molecule has 2 aromatic rings. The summed E-state index contributed by atoms with van der Waals surface area (Å²) in [5.74, 6) is -1.32. The molecule has 0 radical (unpaired) electrons. The van der Waals surface area contributed by atoms with E-state index in [2.05, 4.69) is 10.6 Å². The Hall–Kier alpha value is -2.86. The first-order valence-corrected chi connectivity index (χ1v) is 10.3. The minimum atomic E-state index is -0.621. The molecule has 30 heavy (non-hydrogen) atoms. The second kappa shape index (κ2) is 12.0. The average Bonchev–Trinajstić information content (AvgIpc) is 2.73. The number of hydrogen-bond acceptors (Lipinski definition) is 4. The fourth-order valence-corrected chi connectivity index (χ4v) is 3.23. The van der Waals surface area contributed by atoms with Gasteiger partial charge in [-0.15, -0.1) is 0 Å². The highest BCUT2D eigenvalue weighted by molar-refractivity contribution is 6.33. The van der Waals surface area contributed by atoms with Gasteiger partial charge in [-0.1, -0.05) is 67.4 Å². The minimum absolute atomic E-state index is 0.0215. The van der Waals surface area contributed by atoms with E-state index >= 15 is 0 Å². The number of esters is 1. The van der Waals surface area contributed by atoms with Crippen molar-refractivity contribution in [1.29, 1.82) is 0 Å². The van der Waals surface area contributed by atoms with Crippen LogP contribution in [0, 0.1) is 0 Å². The lowest BCUT2D eigenvalue weighted by Crippen LogP contribution is -2.36. The molecule has 0 aliphatic heterocycles. The summed E-state index contributed by atoms with van der Waals surface area (Å²) in [5, 5.41) is 5.94. The maximum absolute atomic E-state index is 12.7. The van der Waals surface area contributed by atoms with Gasteiger partial charge >= 0.3 is 5.97 Å². The van der Waals surface area contributed by atoms with Gasteiger partial charge in [0.2, 0.25) is 0 Å². The number of amides is 2. The van der Waals surface area contributed by atoms with Gasteiger partial charge in [0.05, 0.1) is 23.0 Å². The van der Waals surface area contributed by atoms with E-state index in [-0.39, 0.29) is 25.0 Å². The van der Waals surface area contributed by atoms with E-state index < -0.39 is 17.9 Å². The molecule has 0 saturated carbocycles. The van der Waals surface area contributed by atoms with Crippen LogP contribution in [0.25, 0.3) is 0 Å². The highest BCUT2D eigenvalue weighted by Crippen LogP contribution is 2.20. The minimum Gasteiger partial charge on any atom is -0.456 e. The second-order valence-corrected chi connectivity index (χ2v) is 7.45. The summed E-state index contributed by atoms with van der Waals surface area (Å²) in [7, 11) is 0. The highest BCUT2D eigenvalue weighted by atomic mass is 35.5. The largest absolute Gasteiger partial charge is 0.456 e. The van der Waals surface area contributed by atoms with Crippen molar-refractivity contribution < 1.29 is 19.1 Å². The summed E-state index contributed by atoms with van der Waals surface area (Å²) in [6.07, 6.45) is 1.69. The maximum Gasteiger partial charge on any atom is 0.308 e. The Morgan fingerprint density at radius 3 is 2.33 bits per heavy atom. The number of hydrogen-bond donors (Lipinski definition) is 2. The van der Waals surface area contributed by atoms with Gasteiger partial charge in [0.1, 0.15) is 0 Å². The molecule has 7 heteroatoms. The van der Waals surface area contributed by atoms with E-state index in [0.717, 1.165) is 18.4 Å². The number of benzene rings is 2. The first kappa shape index (κ1) is 23.4. The Morgan fingerprint density at radius 1 is 1.00 bits per heavy atom. The fraction of sp³-hybridized carbons (Fsp3) is 0.348. The van der Waals surface area contributed by atoms with Gasteiger partial charge in [-0.05, 0) is 31.0 Å². The molecule has 160 valence electrons. The first-order valence-electron chi connectivity index (χ1n) is 9.96. The Labute approximate surface area is 182 Å². The van der Waals surface area contributed by atoms with Crippen LogP contribution in [0.5, 0.6) is 0 Å². The monoisotopic (exact) mass is 430 g/mol. The predicted molar refractivity (Wildman–Crippen MR) is 116 cm³/mol. The molecule has 0 fully saturated rings. The van der Waals surface area contributed by atoms with E-state index in [4.69, 9.17) is 16.3 Å². The SMILES string of the molecule is CCCC(C)NC(=O)COC(=O)CC(NC(=O)c1ccccc1Cl)c1ccccc1. The third kappa shape index (κ3) is 7.52. The number of halogens is 1. The van der Waals surface area contributed by atoms with Gasteiger partial charge in [-0.25, -0.2) is 0 Å². The predicted octanol–water partition coefficient (Wildman–Crippen LogP) is 4.05. The quantitative estimate of drug-likeness (QED) is 0.557. The van der Waals surface area contributed by atoms with Crippen LogP contribution in [-0.4, -0.2) is 30.4 Å². The molecule has 0 aliphatic rings. The van der Waals surface area contributed by atoms with Gasteiger partial charge in [0.25, 0.3) is 11.8 Å². The van der Waals surface area contributed by atoms with Crippen molar-refractivity contribution in [3.05, 3.63) is 70.7 Å². The van der Waals surface area contributed by atoms with E-state index in [1.165, 1.54) is 0 Å². The summed E-state index contributed by atoms with van der Waals surface area (Å²) < 4.78 is 5.12. The molecular weight excluding hydrogens is 404 g/mol. The van der Waals surface area contributed by atoms with E-state index in [1.54, 1.807) is 24.3 Å². The molecule has 2 rings (SSSR count). The summed E-state index contributed by atoms with van der Waals surface area (Å²) in [4.78, 5) is 36.9. The lowest BCUT2D eigenvalue weighted by Gasteiger charge is -2.19. The van der Waals surface area contributed by atoms with Crippen molar-refractivity contribution in [2.75, 3.05) is 6.61 Å². The number of rotatable bonds is 10. The number of carbonyl (C=O) groups is 3. The Morgan fingerprint density at radius 2 is 1.67 bits per heavy atom. The van der Waals surface area contributed by atoms with Gasteiger partial charge in [-0.3, -0.25) is 14.4 Å². The van der Waals surface area contributed by atoms with Crippen molar-refractivity contribution in [2.45, 2.75) is 45.2 Å². The van der Waals surface area contributed by atoms with Crippen LogP contribution in [0.4, 0.5) is 0 Å². The topological polar surface area (TPSA) is 84.5 Å². The highest BCUT2D eigenvalue weighted by Gasteiger charge is 2.21. The lowest BCUT2D eigenvalue weighted by molar-refractivity contribution is -0.149. The molecule has 0 saturated heterocycles. The van der Waals surface area contributed by atoms with Crippen LogP contribution >= 0.6 is 11.6 Å². The fourth-order valence-electron chi connectivity index (χ4n) is 3.01. The lowest BCUT2D eigenvalue weighted by atomic mass is 10.0. The smallest absolute Gasteiger partial charge is 0.308 e. The summed E-state index contributed by atoms with van der Waals surface area (Å²) in [5.41, 5.74) is 1.06. The van der Waals surface area contributed by atoms with Crippen molar-refractivity contribution in [2.24, 2.45) is 0 Å². The van der Waals surface area contributed by atoms with Gasteiger partial charge in [0.15, 0.2) is 6.61 Å². The molecule has 2 N–H and O–H groups in total. The average molecular weight is 431 g/mol. The van der Waals surface area contributed by atoms with Gasteiger partial charge in [0, 0.05) is 6.04 Å². The Kier molecular flexibility index (Phi) is 9.35. The zero-order valence-electron chi connectivity index (χ0n) is 17.2. The van der Waals surface area contributed by atoms with Crippen LogP contribution in [0.3, 0.4) is 0 Å². The molecule has 2 amide bonds. The van der Waals surface area contributed by atoms with Crippen molar-refractivity contribution in [3.63, 3.8) is 0 Å². The van der Waals surface area contributed by atoms with Crippen LogP contribution in [0.1, 0.15) is 55.1 Å². The maximum atomic E-state index is 12.7. The first-order chi connectivity index (χ1) is 14.4. The van der Waals surface area contributed by atoms with Crippen LogP contribution in [0.15, 0.2) is 54.6 Å². The molecule has 0 aromatic heterocycles. The Bertz CT molecular complexity index is 857. The third-order valence-electron chi connectivity index (χ3n) is 4.49. The van der Waals surface area contributed by atoms with Gasteiger partial charge < -0.3 is 15.4 Å². The van der Waals surface area contributed by atoms with Crippen LogP contribution in [-0.2, 0) is 14.3 Å². The Balaban J connectivity index is 2.00. The van der Waals surface area contributed by atoms with E-state index in [9.17, 15) is 14.4 Å². The van der Waals surface area contributed by atoms with Crippen molar-refractivity contribution in [1.82, 2.24) is 10.6 Å². The van der Waals surface area contributed by atoms with Crippen molar-refractivity contribution >= 4 is 29.4 Å². The molecular formula is C23H27ClN2O4. The molecule has 0 bridgehead atoms. The molecule has 0 aliphatic carbocycles. The molecule has 2 unspecified atom stereocenters. The summed E-state index contributed by atoms with van der Waals surface area (Å²) in [6, 6.07) is 15.2. The molecule has 0 spiro atoms. The number of ether oxygens (including phenoxy) is 1. The summed E-state index contributed by atoms with van der Waals surface area (Å²) in [6.45, 7) is 3.58. The third-order valence-corrected chi connectivity index (χ3v) is 4.82. The molecule has 0 heterocycles. The number of nitrogens with one attached hydrogen (secondary N) is 2. The number of carbonyl (C=O) groups excluding carboxylic acids is 3. The summed E-state index contributed by atoms with van der Waals surface area (Å²) >= 11 is 6.11. The normalized spacial score (nSPS) is 12.5. The van der Waals surface area contributed by atoms with E-state index in [1.807, 2.05) is 44.2 Å². The molecule has 2 aromatic carbocycles. The van der Waals surface area contributed by atoms with Crippen LogP contribution in [0.2, 0.25) is 5.02 Å².